The number of rotatable bonds is 4. The van der Waals surface area contributed by atoms with Crippen LogP contribution in [0.4, 0.5) is 0 Å². The lowest BCUT2D eigenvalue weighted by Gasteiger charge is -2.35. The molecule has 0 radical (unpaired) electrons. The van der Waals surface area contributed by atoms with Crippen molar-refractivity contribution in [2.75, 3.05) is 26.2 Å². The van der Waals surface area contributed by atoms with Crippen LogP contribution in [0.1, 0.15) is 16.5 Å². The minimum Gasteiger partial charge on any atom is -0.338 e. The molecule has 23 heavy (non-hydrogen) atoms. The summed E-state index contributed by atoms with van der Waals surface area (Å²) >= 11 is 7.58. The molecule has 1 aromatic carbocycles. The second kappa shape index (κ2) is 7.45. The monoisotopic (exact) mass is 349 g/mol. The Bertz CT molecular complexity index is 653. The summed E-state index contributed by atoms with van der Waals surface area (Å²) in [4.78, 5) is 18.0. The first-order chi connectivity index (χ1) is 11.1. The highest BCUT2D eigenvalue weighted by atomic mass is 35.5. The minimum atomic E-state index is -0.571. The van der Waals surface area contributed by atoms with Crippen LogP contribution >= 0.6 is 22.9 Å². The Morgan fingerprint density at radius 3 is 2.43 bits per heavy atom. The van der Waals surface area contributed by atoms with E-state index in [-0.39, 0.29) is 5.91 Å². The van der Waals surface area contributed by atoms with Gasteiger partial charge in [-0.05, 0) is 17.7 Å². The Kier molecular flexibility index (Phi) is 5.33. The minimum absolute atomic E-state index is 0.00928. The SMILES string of the molecule is NC(C(=O)N1CCN(Cc2ccc(Cl)s2)CC1)c1ccccc1. The van der Waals surface area contributed by atoms with Gasteiger partial charge in [-0.1, -0.05) is 41.9 Å². The van der Waals surface area contributed by atoms with Gasteiger partial charge in [0, 0.05) is 37.6 Å². The molecule has 4 nitrogen and oxygen atoms in total. The molecule has 1 saturated heterocycles. The third kappa shape index (κ3) is 4.12. The first-order valence-corrected chi connectivity index (χ1v) is 8.89. The Labute approximate surface area is 145 Å². The quantitative estimate of drug-likeness (QED) is 0.923. The van der Waals surface area contributed by atoms with E-state index in [2.05, 4.69) is 11.0 Å². The van der Waals surface area contributed by atoms with E-state index < -0.39 is 6.04 Å². The Morgan fingerprint density at radius 1 is 1.13 bits per heavy atom. The normalized spacial score (nSPS) is 17.2. The molecular weight excluding hydrogens is 330 g/mol. The van der Waals surface area contributed by atoms with Crippen LogP contribution in [0.15, 0.2) is 42.5 Å². The van der Waals surface area contributed by atoms with Crippen LogP contribution in [0.3, 0.4) is 0 Å². The van der Waals surface area contributed by atoms with E-state index in [1.54, 1.807) is 11.3 Å². The number of nitrogens with zero attached hydrogens (tertiary/aromatic N) is 2. The average Bonchev–Trinajstić information content (AvgIpc) is 3.00. The lowest BCUT2D eigenvalue weighted by atomic mass is 10.1. The van der Waals surface area contributed by atoms with Crippen LogP contribution in [0, 0.1) is 0 Å². The van der Waals surface area contributed by atoms with Gasteiger partial charge in [-0.3, -0.25) is 9.69 Å². The number of piperazine rings is 1. The Morgan fingerprint density at radius 2 is 1.83 bits per heavy atom. The van der Waals surface area contributed by atoms with Crippen molar-refractivity contribution in [1.82, 2.24) is 9.80 Å². The van der Waals surface area contributed by atoms with Gasteiger partial charge in [0.1, 0.15) is 6.04 Å². The van der Waals surface area contributed by atoms with Crippen molar-refractivity contribution >= 4 is 28.8 Å². The van der Waals surface area contributed by atoms with E-state index >= 15 is 0 Å². The van der Waals surface area contributed by atoms with Crippen molar-refractivity contribution in [3.05, 3.63) is 57.2 Å². The molecule has 0 aliphatic carbocycles. The van der Waals surface area contributed by atoms with E-state index in [4.69, 9.17) is 17.3 Å². The van der Waals surface area contributed by atoms with Crippen LogP contribution in [0.5, 0.6) is 0 Å². The highest BCUT2D eigenvalue weighted by molar-refractivity contribution is 7.16. The van der Waals surface area contributed by atoms with Crippen molar-refractivity contribution in [2.24, 2.45) is 5.73 Å². The fourth-order valence-electron chi connectivity index (χ4n) is 2.78. The third-order valence-electron chi connectivity index (χ3n) is 4.12. The maximum Gasteiger partial charge on any atom is 0.244 e. The van der Waals surface area contributed by atoms with Crippen molar-refractivity contribution in [1.29, 1.82) is 0 Å². The van der Waals surface area contributed by atoms with E-state index in [0.717, 1.165) is 42.6 Å². The smallest absolute Gasteiger partial charge is 0.244 e. The number of thiophene rings is 1. The zero-order valence-electron chi connectivity index (χ0n) is 12.8. The summed E-state index contributed by atoms with van der Waals surface area (Å²) in [5.41, 5.74) is 6.98. The number of halogens is 1. The maximum atomic E-state index is 12.5. The second-order valence-corrected chi connectivity index (χ2v) is 7.50. The van der Waals surface area contributed by atoms with Crippen LogP contribution in [-0.4, -0.2) is 41.9 Å². The molecule has 1 amide bonds. The summed E-state index contributed by atoms with van der Waals surface area (Å²) in [5.74, 6) is 0.00928. The third-order valence-corrected chi connectivity index (χ3v) is 5.33. The summed E-state index contributed by atoms with van der Waals surface area (Å²) in [6.45, 7) is 4.06. The summed E-state index contributed by atoms with van der Waals surface area (Å²) < 4.78 is 0.822. The van der Waals surface area contributed by atoms with Gasteiger partial charge in [-0.2, -0.15) is 0 Å². The molecule has 1 aromatic heterocycles. The lowest BCUT2D eigenvalue weighted by molar-refractivity contribution is -0.134. The molecule has 1 atom stereocenters. The summed E-state index contributed by atoms with van der Waals surface area (Å²) in [6, 6.07) is 13.0. The predicted molar refractivity (Wildman–Crippen MR) is 94.6 cm³/mol. The standard InChI is InChI=1S/C17H20ClN3OS/c18-15-7-6-14(23-15)12-20-8-10-21(11-9-20)17(22)16(19)13-4-2-1-3-5-13/h1-7,16H,8-12,19H2. The molecule has 1 fully saturated rings. The zero-order valence-corrected chi connectivity index (χ0v) is 14.4. The molecule has 6 heteroatoms. The van der Waals surface area contributed by atoms with Gasteiger partial charge in [-0.25, -0.2) is 0 Å². The van der Waals surface area contributed by atoms with E-state index in [9.17, 15) is 4.79 Å². The van der Waals surface area contributed by atoms with Gasteiger partial charge in [0.2, 0.25) is 5.91 Å². The van der Waals surface area contributed by atoms with Crippen LogP contribution < -0.4 is 5.73 Å². The van der Waals surface area contributed by atoms with Crippen LogP contribution in [0.25, 0.3) is 0 Å². The van der Waals surface area contributed by atoms with Gasteiger partial charge in [0.25, 0.3) is 0 Å². The van der Waals surface area contributed by atoms with E-state index in [1.165, 1.54) is 4.88 Å². The Hall–Kier alpha value is -1.40. The van der Waals surface area contributed by atoms with Gasteiger partial charge < -0.3 is 10.6 Å². The number of benzene rings is 1. The molecule has 0 spiro atoms. The highest BCUT2D eigenvalue weighted by Crippen LogP contribution is 2.23. The van der Waals surface area contributed by atoms with Crippen LogP contribution in [0.2, 0.25) is 4.34 Å². The first-order valence-electron chi connectivity index (χ1n) is 7.69. The molecule has 2 N–H and O–H groups in total. The Balaban J connectivity index is 1.53. The molecule has 1 aliphatic rings. The zero-order chi connectivity index (χ0) is 16.2. The average molecular weight is 350 g/mol. The summed E-state index contributed by atoms with van der Waals surface area (Å²) in [7, 11) is 0. The second-order valence-electron chi connectivity index (χ2n) is 5.70. The van der Waals surface area contributed by atoms with Gasteiger partial charge in [0.05, 0.1) is 4.34 Å². The first kappa shape index (κ1) is 16.5. The summed E-state index contributed by atoms with van der Waals surface area (Å²) in [6.07, 6.45) is 0. The molecule has 3 rings (SSSR count). The van der Waals surface area contributed by atoms with Gasteiger partial charge >= 0.3 is 0 Å². The number of amides is 1. The van der Waals surface area contributed by atoms with Crippen LogP contribution in [-0.2, 0) is 11.3 Å². The molecule has 1 aliphatic heterocycles. The number of carbonyl (C=O) groups is 1. The fraction of sp³-hybridized carbons (Fsp3) is 0.353. The van der Waals surface area contributed by atoms with Crippen molar-refractivity contribution in [3.63, 3.8) is 0 Å². The molecular formula is C17H20ClN3OS. The lowest BCUT2D eigenvalue weighted by Crippen LogP contribution is -2.50. The topological polar surface area (TPSA) is 49.6 Å². The summed E-state index contributed by atoms with van der Waals surface area (Å²) in [5, 5.41) is 0. The fourth-order valence-corrected chi connectivity index (χ4v) is 3.91. The molecule has 2 aromatic rings. The van der Waals surface area contributed by atoms with E-state index in [0.29, 0.717) is 0 Å². The number of hydrogen-bond donors (Lipinski definition) is 1. The molecule has 2 heterocycles. The number of carbonyl (C=O) groups excluding carboxylic acids is 1. The molecule has 122 valence electrons. The van der Waals surface area contributed by atoms with Gasteiger partial charge in [0.15, 0.2) is 0 Å². The largest absolute Gasteiger partial charge is 0.338 e. The van der Waals surface area contributed by atoms with Gasteiger partial charge in [-0.15, -0.1) is 11.3 Å². The van der Waals surface area contributed by atoms with Crippen molar-refractivity contribution in [3.8, 4) is 0 Å². The number of hydrogen-bond acceptors (Lipinski definition) is 4. The van der Waals surface area contributed by atoms with Crippen molar-refractivity contribution < 1.29 is 4.79 Å². The number of nitrogens with two attached hydrogens (primary N) is 1. The molecule has 0 saturated carbocycles. The predicted octanol–water partition coefficient (Wildman–Crippen LogP) is 2.75. The molecule has 1 unspecified atom stereocenters. The highest BCUT2D eigenvalue weighted by Gasteiger charge is 2.26. The van der Waals surface area contributed by atoms with E-state index in [1.807, 2.05) is 41.3 Å². The van der Waals surface area contributed by atoms with Crippen molar-refractivity contribution in [2.45, 2.75) is 12.6 Å². The maximum absolute atomic E-state index is 12.5. The molecule has 0 bridgehead atoms.